The molecule has 1 rings (SSSR count). The van der Waals surface area contributed by atoms with Crippen LogP contribution in [0.1, 0.15) is 30.1 Å². The van der Waals surface area contributed by atoms with Crippen molar-refractivity contribution in [3.63, 3.8) is 0 Å². The molecule has 0 aliphatic heterocycles. The van der Waals surface area contributed by atoms with Gasteiger partial charge in [-0.3, -0.25) is 9.59 Å². The first kappa shape index (κ1) is 16.2. The molecule has 2 amide bonds. The Morgan fingerprint density at radius 3 is 2.71 bits per heavy atom. The molecule has 0 radical (unpaired) electrons. The van der Waals surface area contributed by atoms with E-state index in [1.807, 2.05) is 13.0 Å². The van der Waals surface area contributed by atoms with Crippen molar-refractivity contribution in [2.45, 2.75) is 19.8 Å². The maximum absolute atomic E-state index is 11.8. The van der Waals surface area contributed by atoms with Crippen LogP contribution in [-0.4, -0.2) is 18.4 Å². The van der Waals surface area contributed by atoms with E-state index in [0.29, 0.717) is 12.2 Å². The molecule has 6 nitrogen and oxygen atoms in total. The summed E-state index contributed by atoms with van der Waals surface area (Å²) in [7, 11) is 0. The number of carbonyl (C=O) groups is 2. The van der Waals surface area contributed by atoms with Crippen LogP contribution in [0.5, 0.6) is 0 Å². The van der Waals surface area contributed by atoms with Crippen molar-refractivity contribution in [1.29, 1.82) is 5.26 Å². The summed E-state index contributed by atoms with van der Waals surface area (Å²) in [6.07, 6.45) is 3.07. The van der Waals surface area contributed by atoms with Crippen molar-refractivity contribution >= 4 is 17.5 Å². The normalized spacial score (nSPS) is 10.6. The third-order valence-electron chi connectivity index (χ3n) is 2.75. The van der Waals surface area contributed by atoms with Crippen molar-refractivity contribution in [2.75, 3.05) is 11.9 Å². The minimum atomic E-state index is -0.586. The van der Waals surface area contributed by atoms with Crippen LogP contribution in [-0.2, 0) is 4.79 Å². The molecule has 21 heavy (non-hydrogen) atoms. The summed E-state index contributed by atoms with van der Waals surface area (Å²) in [6.45, 7) is 2.53. The molecule has 0 atom stereocenters. The van der Waals surface area contributed by atoms with Gasteiger partial charge in [0, 0.05) is 12.7 Å². The quantitative estimate of drug-likeness (QED) is 0.401. The summed E-state index contributed by atoms with van der Waals surface area (Å²) in [6, 6.07) is 8.42. The number of amides is 2. The number of nitrogens with two attached hydrogens (primary N) is 1. The first-order valence-electron chi connectivity index (χ1n) is 6.64. The fourth-order valence-electron chi connectivity index (χ4n) is 1.60. The average molecular weight is 286 g/mol. The van der Waals surface area contributed by atoms with Gasteiger partial charge in [-0.05, 0) is 18.6 Å². The number of para-hydroxylation sites is 1. The SMILES string of the molecule is CCCCNC(=O)/C(C#N)=C\Nc1ccccc1C(N)=O. The molecule has 110 valence electrons. The number of benzene rings is 1. The lowest BCUT2D eigenvalue weighted by molar-refractivity contribution is -0.117. The molecular weight excluding hydrogens is 268 g/mol. The van der Waals surface area contributed by atoms with E-state index in [9.17, 15) is 9.59 Å². The summed E-state index contributed by atoms with van der Waals surface area (Å²) in [5.74, 6) is -1.03. The topological polar surface area (TPSA) is 108 Å². The molecule has 6 heteroatoms. The smallest absolute Gasteiger partial charge is 0.263 e. The zero-order valence-corrected chi connectivity index (χ0v) is 11.8. The molecular formula is C15H18N4O2. The standard InChI is InChI=1S/C15H18N4O2/c1-2-3-8-18-15(21)11(9-16)10-19-13-7-5-4-6-12(13)14(17)20/h4-7,10,19H,2-3,8H2,1H3,(H2,17,20)(H,18,21)/b11-10-. The van der Waals surface area contributed by atoms with Crippen molar-refractivity contribution in [3.05, 3.63) is 41.6 Å². The highest BCUT2D eigenvalue weighted by Crippen LogP contribution is 2.14. The second kappa shape index (κ2) is 8.38. The lowest BCUT2D eigenvalue weighted by Crippen LogP contribution is -2.26. The van der Waals surface area contributed by atoms with Crippen molar-refractivity contribution in [1.82, 2.24) is 5.32 Å². The molecule has 0 heterocycles. The van der Waals surface area contributed by atoms with Gasteiger partial charge in [-0.1, -0.05) is 25.5 Å². The number of hydrogen-bond donors (Lipinski definition) is 3. The van der Waals surface area contributed by atoms with Gasteiger partial charge in [0.1, 0.15) is 11.6 Å². The molecule has 0 aliphatic rings. The van der Waals surface area contributed by atoms with Crippen LogP contribution in [0.3, 0.4) is 0 Å². The Morgan fingerprint density at radius 1 is 1.38 bits per heavy atom. The Morgan fingerprint density at radius 2 is 2.10 bits per heavy atom. The largest absolute Gasteiger partial charge is 0.366 e. The van der Waals surface area contributed by atoms with Gasteiger partial charge in [-0.2, -0.15) is 5.26 Å². The van der Waals surface area contributed by atoms with Crippen LogP contribution in [0.4, 0.5) is 5.69 Å². The maximum Gasteiger partial charge on any atom is 0.263 e. The minimum Gasteiger partial charge on any atom is -0.366 e. The third kappa shape index (κ3) is 4.99. The number of nitriles is 1. The zero-order valence-electron chi connectivity index (χ0n) is 11.8. The number of anilines is 1. The summed E-state index contributed by atoms with van der Waals surface area (Å²) < 4.78 is 0. The summed E-state index contributed by atoms with van der Waals surface area (Å²) >= 11 is 0. The van der Waals surface area contributed by atoms with E-state index in [1.165, 1.54) is 6.20 Å². The van der Waals surface area contributed by atoms with Crippen LogP contribution >= 0.6 is 0 Å². The van der Waals surface area contributed by atoms with Gasteiger partial charge >= 0.3 is 0 Å². The number of hydrogen-bond acceptors (Lipinski definition) is 4. The van der Waals surface area contributed by atoms with Gasteiger partial charge in [0.25, 0.3) is 11.8 Å². The van der Waals surface area contributed by atoms with Gasteiger partial charge in [-0.15, -0.1) is 0 Å². The third-order valence-corrected chi connectivity index (χ3v) is 2.75. The molecule has 0 saturated heterocycles. The molecule has 0 fully saturated rings. The molecule has 4 N–H and O–H groups in total. The number of nitrogens with zero attached hydrogens (tertiary/aromatic N) is 1. The van der Waals surface area contributed by atoms with Crippen LogP contribution < -0.4 is 16.4 Å². The fourth-order valence-corrected chi connectivity index (χ4v) is 1.60. The molecule has 0 spiro atoms. The van der Waals surface area contributed by atoms with E-state index >= 15 is 0 Å². The van der Waals surface area contributed by atoms with Crippen LogP contribution in [0.15, 0.2) is 36.0 Å². The molecule has 0 aromatic heterocycles. The highest BCUT2D eigenvalue weighted by Gasteiger charge is 2.09. The van der Waals surface area contributed by atoms with E-state index in [-0.39, 0.29) is 11.1 Å². The lowest BCUT2D eigenvalue weighted by Gasteiger charge is -2.07. The highest BCUT2D eigenvalue weighted by atomic mass is 16.2. The zero-order chi connectivity index (χ0) is 15.7. The lowest BCUT2D eigenvalue weighted by atomic mass is 10.1. The molecule has 1 aromatic rings. The Kier molecular flexibility index (Phi) is 6.48. The van der Waals surface area contributed by atoms with Gasteiger partial charge < -0.3 is 16.4 Å². The Balaban J connectivity index is 2.80. The first-order chi connectivity index (χ1) is 10.1. The van der Waals surface area contributed by atoms with Crippen molar-refractivity contribution < 1.29 is 9.59 Å². The maximum atomic E-state index is 11.8. The van der Waals surface area contributed by atoms with E-state index in [4.69, 9.17) is 11.0 Å². The van der Waals surface area contributed by atoms with Crippen molar-refractivity contribution in [3.8, 4) is 6.07 Å². The minimum absolute atomic E-state index is 0.0645. The molecule has 0 saturated carbocycles. The summed E-state index contributed by atoms with van der Waals surface area (Å²) in [5, 5.41) is 14.4. The number of unbranched alkanes of at least 4 members (excludes halogenated alkanes) is 1. The number of primary amides is 1. The summed E-state index contributed by atoms with van der Waals surface area (Å²) in [4.78, 5) is 23.0. The number of carbonyl (C=O) groups excluding carboxylic acids is 2. The van der Waals surface area contributed by atoms with E-state index in [1.54, 1.807) is 24.3 Å². The molecule has 1 aromatic carbocycles. The van der Waals surface area contributed by atoms with E-state index in [0.717, 1.165) is 12.8 Å². The predicted molar refractivity (Wildman–Crippen MR) is 80.2 cm³/mol. The monoisotopic (exact) mass is 286 g/mol. The Labute approximate surface area is 123 Å². The van der Waals surface area contributed by atoms with Gasteiger partial charge in [0.15, 0.2) is 0 Å². The van der Waals surface area contributed by atoms with Gasteiger partial charge in [-0.25, -0.2) is 0 Å². The number of rotatable bonds is 7. The Hall–Kier alpha value is -2.81. The number of nitrogens with one attached hydrogen (secondary N) is 2. The Bertz CT molecular complexity index is 588. The second-order valence-corrected chi connectivity index (χ2v) is 4.33. The van der Waals surface area contributed by atoms with Gasteiger partial charge in [0.2, 0.25) is 0 Å². The summed E-state index contributed by atoms with van der Waals surface area (Å²) in [5.41, 5.74) is 5.92. The van der Waals surface area contributed by atoms with E-state index in [2.05, 4.69) is 10.6 Å². The predicted octanol–water partition coefficient (Wildman–Crippen LogP) is 1.52. The van der Waals surface area contributed by atoms with Crippen LogP contribution in [0.25, 0.3) is 0 Å². The van der Waals surface area contributed by atoms with Crippen molar-refractivity contribution in [2.24, 2.45) is 5.73 Å². The average Bonchev–Trinajstić information content (AvgIpc) is 2.48. The van der Waals surface area contributed by atoms with Crippen LogP contribution in [0.2, 0.25) is 0 Å². The second-order valence-electron chi connectivity index (χ2n) is 4.33. The molecule has 0 aliphatic carbocycles. The fraction of sp³-hybridized carbons (Fsp3) is 0.267. The van der Waals surface area contributed by atoms with Gasteiger partial charge in [0.05, 0.1) is 11.3 Å². The molecule has 0 unspecified atom stereocenters. The van der Waals surface area contributed by atoms with Crippen LogP contribution in [0, 0.1) is 11.3 Å². The first-order valence-corrected chi connectivity index (χ1v) is 6.64. The highest BCUT2D eigenvalue weighted by molar-refractivity contribution is 6.00. The molecule has 0 bridgehead atoms. The van der Waals surface area contributed by atoms with E-state index < -0.39 is 11.8 Å².